The number of nitrogens with zero attached hydrogens (tertiary/aromatic N) is 1. The lowest BCUT2D eigenvalue weighted by Crippen LogP contribution is -2.37. The maximum absolute atomic E-state index is 13.3. The van der Waals surface area contributed by atoms with Crippen molar-refractivity contribution in [1.29, 1.82) is 0 Å². The van der Waals surface area contributed by atoms with Crippen molar-refractivity contribution >= 4 is 11.6 Å². The van der Waals surface area contributed by atoms with Crippen LogP contribution < -0.4 is 5.32 Å². The Kier molecular flexibility index (Phi) is 5.11. The van der Waals surface area contributed by atoms with Gasteiger partial charge in [0.1, 0.15) is 5.82 Å². The minimum absolute atomic E-state index is 0.00930. The van der Waals surface area contributed by atoms with E-state index in [1.807, 2.05) is 24.3 Å². The molecule has 2 aromatic carbocycles. The largest absolute Gasteiger partial charge is 0.394 e. The molecule has 2 aromatic rings. The van der Waals surface area contributed by atoms with E-state index < -0.39 is 0 Å². The molecule has 1 fully saturated rings. The lowest BCUT2D eigenvalue weighted by molar-refractivity contribution is 0.0678. The highest BCUT2D eigenvalue weighted by Gasteiger charge is 2.29. The number of carbonyl (C=O) groups excluding carboxylic acids is 1. The lowest BCUT2D eigenvalue weighted by Gasteiger charge is -2.24. The number of carbonyl (C=O) groups is 1. The van der Waals surface area contributed by atoms with Crippen LogP contribution in [0.1, 0.15) is 28.8 Å². The Labute approximate surface area is 140 Å². The standard InChI is InChI=1S/C19H21FN2O2/c20-15-6-3-5-14(11-15)12-21-18-9-2-1-8-17(18)19(24)22-10-4-7-16(22)13-23/h1-3,5-6,8-9,11,16,21,23H,4,7,10,12-13H2/t16-/m1/s1. The molecule has 0 saturated carbocycles. The number of halogens is 1. The maximum atomic E-state index is 13.3. The van der Waals surface area contributed by atoms with E-state index >= 15 is 0 Å². The summed E-state index contributed by atoms with van der Waals surface area (Å²) in [5, 5.41) is 12.7. The molecule has 0 spiro atoms. The molecule has 2 N–H and O–H groups in total. The molecule has 1 saturated heterocycles. The van der Waals surface area contributed by atoms with Gasteiger partial charge in [-0.15, -0.1) is 0 Å². The molecule has 1 atom stereocenters. The molecule has 4 nitrogen and oxygen atoms in total. The predicted molar refractivity (Wildman–Crippen MR) is 91.3 cm³/mol. The Morgan fingerprint density at radius 2 is 2.08 bits per heavy atom. The summed E-state index contributed by atoms with van der Waals surface area (Å²) in [5.41, 5.74) is 2.11. The molecular formula is C19H21FN2O2. The fourth-order valence-corrected chi connectivity index (χ4v) is 3.12. The van der Waals surface area contributed by atoms with E-state index in [1.54, 1.807) is 17.0 Å². The van der Waals surface area contributed by atoms with Crippen LogP contribution in [-0.2, 0) is 6.54 Å². The number of likely N-dealkylation sites (tertiary alicyclic amines) is 1. The number of anilines is 1. The summed E-state index contributed by atoms with van der Waals surface area (Å²) in [7, 11) is 0. The van der Waals surface area contributed by atoms with Crippen LogP contribution in [0.25, 0.3) is 0 Å². The van der Waals surface area contributed by atoms with E-state index in [4.69, 9.17) is 0 Å². The van der Waals surface area contributed by atoms with Gasteiger partial charge in [-0.2, -0.15) is 0 Å². The van der Waals surface area contributed by atoms with Gasteiger partial charge in [-0.25, -0.2) is 4.39 Å². The van der Waals surface area contributed by atoms with Crippen LogP contribution in [0.15, 0.2) is 48.5 Å². The number of hydrogen-bond donors (Lipinski definition) is 2. The molecule has 0 aromatic heterocycles. The van der Waals surface area contributed by atoms with Crippen LogP contribution in [0.4, 0.5) is 10.1 Å². The van der Waals surface area contributed by atoms with E-state index in [0.717, 1.165) is 24.1 Å². The highest BCUT2D eigenvalue weighted by molar-refractivity contribution is 5.99. The first kappa shape index (κ1) is 16.5. The summed E-state index contributed by atoms with van der Waals surface area (Å²) >= 11 is 0. The number of para-hydroxylation sites is 1. The summed E-state index contributed by atoms with van der Waals surface area (Å²) in [6.45, 7) is 1.10. The van der Waals surface area contributed by atoms with Crippen LogP contribution >= 0.6 is 0 Å². The van der Waals surface area contributed by atoms with Crippen molar-refractivity contribution in [3.8, 4) is 0 Å². The molecule has 0 unspecified atom stereocenters. The number of benzene rings is 2. The normalized spacial score (nSPS) is 17.1. The second-order valence-electron chi connectivity index (χ2n) is 6.01. The zero-order chi connectivity index (χ0) is 16.9. The highest BCUT2D eigenvalue weighted by Crippen LogP contribution is 2.24. The summed E-state index contributed by atoms with van der Waals surface area (Å²) in [6, 6.07) is 13.6. The van der Waals surface area contributed by atoms with Gasteiger partial charge in [0, 0.05) is 18.8 Å². The number of nitrogens with one attached hydrogen (secondary N) is 1. The summed E-state index contributed by atoms with van der Waals surface area (Å²) in [6.07, 6.45) is 1.75. The van der Waals surface area contributed by atoms with E-state index in [2.05, 4.69) is 5.32 Å². The minimum Gasteiger partial charge on any atom is -0.394 e. The van der Waals surface area contributed by atoms with Crippen LogP contribution in [0.2, 0.25) is 0 Å². The fourth-order valence-electron chi connectivity index (χ4n) is 3.12. The molecule has 1 amide bonds. The quantitative estimate of drug-likeness (QED) is 0.887. The van der Waals surface area contributed by atoms with E-state index in [1.165, 1.54) is 12.1 Å². The van der Waals surface area contributed by atoms with Gasteiger partial charge in [0.05, 0.1) is 18.2 Å². The van der Waals surface area contributed by atoms with Crippen molar-refractivity contribution in [2.45, 2.75) is 25.4 Å². The minimum atomic E-state index is -0.276. The number of hydrogen-bond acceptors (Lipinski definition) is 3. The zero-order valence-electron chi connectivity index (χ0n) is 13.4. The zero-order valence-corrected chi connectivity index (χ0v) is 13.4. The molecule has 0 radical (unpaired) electrons. The number of aliphatic hydroxyl groups excluding tert-OH is 1. The molecule has 1 aliphatic rings. The predicted octanol–water partition coefficient (Wildman–Crippen LogP) is 3.03. The third kappa shape index (κ3) is 3.57. The molecule has 5 heteroatoms. The van der Waals surface area contributed by atoms with Gasteiger partial charge in [0.2, 0.25) is 0 Å². The summed E-state index contributed by atoms with van der Waals surface area (Å²) in [5.74, 6) is -0.351. The first-order valence-electron chi connectivity index (χ1n) is 8.18. The van der Waals surface area contributed by atoms with Crippen LogP contribution in [0, 0.1) is 5.82 Å². The van der Waals surface area contributed by atoms with Crippen molar-refractivity contribution in [3.63, 3.8) is 0 Å². The van der Waals surface area contributed by atoms with Gasteiger partial charge in [0.15, 0.2) is 0 Å². The van der Waals surface area contributed by atoms with Crippen molar-refractivity contribution < 1.29 is 14.3 Å². The Morgan fingerprint density at radius 1 is 1.25 bits per heavy atom. The lowest BCUT2D eigenvalue weighted by atomic mass is 10.1. The van der Waals surface area contributed by atoms with Gasteiger partial charge < -0.3 is 15.3 Å². The van der Waals surface area contributed by atoms with E-state index in [0.29, 0.717) is 18.7 Å². The van der Waals surface area contributed by atoms with Crippen molar-refractivity contribution in [1.82, 2.24) is 4.90 Å². The number of rotatable bonds is 5. The Bertz CT molecular complexity index is 720. The van der Waals surface area contributed by atoms with E-state index in [-0.39, 0.29) is 24.4 Å². The Morgan fingerprint density at radius 3 is 2.88 bits per heavy atom. The molecule has 126 valence electrons. The molecule has 3 rings (SSSR count). The molecular weight excluding hydrogens is 307 g/mol. The molecule has 0 aliphatic carbocycles. The molecule has 0 bridgehead atoms. The van der Waals surface area contributed by atoms with Gasteiger partial charge >= 0.3 is 0 Å². The van der Waals surface area contributed by atoms with Crippen LogP contribution in [0.3, 0.4) is 0 Å². The monoisotopic (exact) mass is 328 g/mol. The van der Waals surface area contributed by atoms with Gasteiger partial charge in [-0.1, -0.05) is 24.3 Å². The summed E-state index contributed by atoms with van der Waals surface area (Å²) < 4.78 is 13.3. The van der Waals surface area contributed by atoms with Crippen LogP contribution in [0.5, 0.6) is 0 Å². The van der Waals surface area contributed by atoms with Gasteiger partial charge in [0.25, 0.3) is 5.91 Å². The molecule has 1 heterocycles. The second kappa shape index (κ2) is 7.45. The average Bonchev–Trinajstić information content (AvgIpc) is 3.08. The SMILES string of the molecule is O=C(c1ccccc1NCc1cccc(F)c1)N1CCC[C@@H]1CO. The van der Waals surface area contributed by atoms with Gasteiger partial charge in [-0.3, -0.25) is 4.79 Å². The molecule has 24 heavy (non-hydrogen) atoms. The van der Waals surface area contributed by atoms with Crippen molar-refractivity contribution in [2.75, 3.05) is 18.5 Å². The maximum Gasteiger partial charge on any atom is 0.256 e. The Balaban J connectivity index is 1.76. The molecule has 1 aliphatic heterocycles. The van der Waals surface area contributed by atoms with Gasteiger partial charge in [-0.05, 0) is 42.7 Å². The first-order valence-corrected chi connectivity index (χ1v) is 8.18. The first-order chi connectivity index (χ1) is 11.7. The van der Waals surface area contributed by atoms with Crippen molar-refractivity contribution in [3.05, 3.63) is 65.5 Å². The number of aliphatic hydroxyl groups is 1. The summed E-state index contributed by atoms with van der Waals surface area (Å²) in [4.78, 5) is 14.6. The second-order valence-corrected chi connectivity index (χ2v) is 6.01. The van der Waals surface area contributed by atoms with Crippen molar-refractivity contribution in [2.24, 2.45) is 0 Å². The third-order valence-corrected chi connectivity index (χ3v) is 4.38. The smallest absolute Gasteiger partial charge is 0.256 e. The fraction of sp³-hybridized carbons (Fsp3) is 0.316. The number of amides is 1. The van der Waals surface area contributed by atoms with E-state index in [9.17, 15) is 14.3 Å². The topological polar surface area (TPSA) is 52.6 Å². The highest BCUT2D eigenvalue weighted by atomic mass is 19.1. The third-order valence-electron chi connectivity index (χ3n) is 4.38. The average molecular weight is 328 g/mol. The Hall–Kier alpha value is -2.40. The van der Waals surface area contributed by atoms with Crippen LogP contribution in [-0.4, -0.2) is 35.1 Å².